The lowest BCUT2D eigenvalue weighted by Crippen LogP contribution is -1.95. The largest absolute Gasteiger partial charge is 0.253 e. The van der Waals surface area contributed by atoms with Crippen LogP contribution in [0.1, 0.15) is 0 Å². The van der Waals surface area contributed by atoms with E-state index in [2.05, 4.69) is 20.5 Å². The Labute approximate surface area is 73.4 Å². The van der Waals surface area contributed by atoms with E-state index in [0.717, 1.165) is 4.68 Å². The predicted octanol–water partition coefficient (Wildman–Crippen LogP) is 0.0643. The highest BCUT2D eigenvalue weighted by Gasteiger charge is 2.07. The molecule has 13 heavy (non-hydrogen) atoms. The van der Waals surface area contributed by atoms with Crippen molar-refractivity contribution in [2.75, 3.05) is 0 Å². The standard InChI is InChI=1S/C7H4N6/c8-5-13-7(10-11-12-13)6-3-1-2-4-9-6/h1-4H. The van der Waals surface area contributed by atoms with Crippen LogP contribution in [0.15, 0.2) is 24.4 Å². The van der Waals surface area contributed by atoms with Gasteiger partial charge in [-0.15, -0.1) is 9.78 Å². The monoisotopic (exact) mass is 172 g/mol. The van der Waals surface area contributed by atoms with Gasteiger partial charge in [-0.05, 0) is 22.6 Å². The SMILES string of the molecule is N#Cn1nnnc1-c1ccccn1. The number of hydrogen-bond donors (Lipinski definition) is 0. The lowest BCUT2D eigenvalue weighted by molar-refractivity contribution is 0.800. The van der Waals surface area contributed by atoms with Gasteiger partial charge in [0.25, 0.3) is 0 Å². The number of aromatic nitrogens is 5. The molecule has 62 valence electrons. The second-order valence-corrected chi connectivity index (χ2v) is 2.23. The van der Waals surface area contributed by atoms with Crippen molar-refractivity contribution in [3.63, 3.8) is 0 Å². The number of rotatable bonds is 1. The minimum Gasteiger partial charge on any atom is -0.253 e. The summed E-state index contributed by atoms with van der Waals surface area (Å²) in [6, 6.07) is 5.32. The number of nitriles is 1. The van der Waals surface area contributed by atoms with Gasteiger partial charge in [0.1, 0.15) is 5.69 Å². The normalized spacial score (nSPS) is 9.46. The topological polar surface area (TPSA) is 80.3 Å². The van der Waals surface area contributed by atoms with Crippen LogP contribution < -0.4 is 0 Å². The molecule has 0 fully saturated rings. The fourth-order valence-corrected chi connectivity index (χ4v) is 0.909. The van der Waals surface area contributed by atoms with Crippen molar-refractivity contribution in [1.29, 1.82) is 5.26 Å². The number of hydrogen-bond acceptors (Lipinski definition) is 5. The maximum absolute atomic E-state index is 8.61. The molecule has 6 nitrogen and oxygen atoms in total. The van der Waals surface area contributed by atoms with Crippen molar-refractivity contribution in [1.82, 2.24) is 25.2 Å². The third-order valence-corrected chi connectivity index (χ3v) is 1.46. The molecular weight excluding hydrogens is 168 g/mol. The van der Waals surface area contributed by atoms with Crippen LogP contribution in [0, 0.1) is 11.5 Å². The van der Waals surface area contributed by atoms with Gasteiger partial charge in [0.15, 0.2) is 0 Å². The molecule has 0 aliphatic heterocycles. The molecule has 0 spiro atoms. The Hall–Kier alpha value is -2.29. The predicted molar refractivity (Wildman–Crippen MR) is 42.1 cm³/mol. The van der Waals surface area contributed by atoms with Gasteiger partial charge in [-0.1, -0.05) is 6.07 Å². The molecule has 0 amide bonds. The zero-order valence-corrected chi connectivity index (χ0v) is 6.49. The highest BCUT2D eigenvalue weighted by Crippen LogP contribution is 2.09. The molecule has 0 N–H and O–H groups in total. The maximum Gasteiger partial charge on any atom is 0.216 e. The van der Waals surface area contributed by atoms with Crippen LogP contribution in [-0.4, -0.2) is 25.2 Å². The fraction of sp³-hybridized carbons (Fsp3) is 0. The molecule has 2 aromatic heterocycles. The lowest BCUT2D eigenvalue weighted by atomic mass is 10.3. The summed E-state index contributed by atoms with van der Waals surface area (Å²) in [6.07, 6.45) is 3.43. The first-order valence-corrected chi connectivity index (χ1v) is 3.51. The zero-order valence-electron chi connectivity index (χ0n) is 6.49. The van der Waals surface area contributed by atoms with Gasteiger partial charge in [0.2, 0.25) is 12.0 Å². The third-order valence-electron chi connectivity index (χ3n) is 1.46. The molecular formula is C7H4N6. The Balaban J connectivity index is 2.54. The maximum atomic E-state index is 8.61. The minimum absolute atomic E-state index is 0.350. The highest BCUT2D eigenvalue weighted by molar-refractivity contribution is 5.48. The first-order valence-electron chi connectivity index (χ1n) is 3.51. The smallest absolute Gasteiger partial charge is 0.216 e. The first kappa shape index (κ1) is 7.36. The molecule has 2 aromatic rings. The van der Waals surface area contributed by atoms with E-state index in [1.807, 2.05) is 6.19 Å². The Morgan fingerprint density at radius 2 is 2.31 bits per heavy atom. The average Bonchev–Trinajstić information content (AvgIpc) is 2.67. The molecule has 0 unspecified atom stereocenters. The lowest BCUT2D eigenvalue weighted by Gasteiger charge is -1.92. The average molecular weight is 172 g/mol. The quantitative estimate of drug-likeness (QED) is 0.607. The van der Waals surface area contributed by atoms with Gasteiger partial charge >= 0.3 is 0 Å². The summed E-state index contributed by atoms with van der Waals surface area (Å²) in [5, 5.41) is 19.1. The zero-order chi connectivity index (χ0) is 9.10. The molecule has 0 aliphatic carbocycles. The minimum atomic E-state index is 0.350. The van der Waals surface area contributed by atoms with E-state index in [9.17, 15) is 0 Å². The molecule has 0 atom stereocenters. The van der Waals surface area contributed by atoms with E-state index in [-0.39, 0.29) is 0 Å². The Morgan fingerprint density at radius 3 is 3.00 bits per heavy atom. The summed E-state index contributed by atoms with van der Waals surface area (Å²) in [5.74, 6) is 0.350. The van der Waals surface area contributed by atoms with Gasteiger partial charge in [0.05, 0.1) is 0 Å². The van der Waals surface area contributed by atoms with Crippen LogP contribution in [0.2, 0.25) is 0 Å². The third kappa shape index (κ3) is 1.22. The van der Waals surface area contributed by atoms with E-state index in [1.54, 1.807) is 24.4 Å². The summed E-state index contributed by atoms with van der Waals surface area (Å²) < 4.78 is 1.02. The Morgan fingerprint density at radius 1 is 1.38 bits per heavy atom. The molecule has 0 saturated carbocycles. The van der Waals surface area contributed by atoms with E-state index in [1.165, 1.54) is 0 Å². The molecule has 0 bridgehead atoms. The van der Waals surface area contributed by atoms with E-state index >= 15 is 0 Å². The Kier molecular flexibility index (Phi) is 1.69. The summed E-state index contributed by atoms with van der Waals surface area (Å²) in [6.45, 7) is 0. The second kappa shape index (κ2) is 2.98. The summed E-state index contributed by atoms with van der Waals surface area (Å²) in [4.78, 5) is 4.02. The number of pyridine rings is 1. The van der Waals surface area contributed by atoms with E-state index < -0.39 is 0 Å². The fourth-order valence-electron chi connectivity index (χ4n) is 0.909. The number of nitrogens with zero attached hydrogens (tertiary/aromatic N) is 6. The van der Waals surface area contributed by atoms with Gasteiger partial charge in [-0.3, -0.25) is 4.98 Å². The molecule has 2 rings (SSSR count). The molecule has 0 aliphatic rings. The summed E-state index contributed by atoms with van der Waals surface area (Å²) >= 11 is 0. The van der Waals surface area contributed by atoms with Crippen molar-refractivity contribution in [2.45, 2.75) is 0 Å². The molecule has 2 heterocycles. The van der Waals surface area contributed by atoms with Crippen LogP contribution in [0.5, 0.6) is 0 Å². The van der Waals surface area contributed by atoms with Gasteiger partial charge in [-0.25, -0.2) is 0 Å². The molecule has 0 radical (unpaired) electrons. The van der Waals surface area contributed by atoms with Crippen molar-refractivity contribution < 1.29 is 0 Å². The van der Waals surface area contributed by atoms with Crippen LogP contribution in [-0.2, 0) is 0 Å². The molecule has 6 heteroatoms. The van der Waals surface area contributed by atoms with Crippen molar-refractivity contribution in [3.8, 4) is 17.7 Å². The number of tetrazole rings is 1. The van der Waals surface area contributed by atoms with Crippen LogP contribution >= 0.6 is 0 Å². The first-order chi connectivity index (χ1) is 6.42. The van der Waals surface area contributed by atoms with E-state index in [4.69, 9.17) is 5.26 Å². The van der Waals surface area contributed by atoms with Gasteiger partial charge in [-0.2, -0.15) is 5.26 Å². The second-order valence-electron chi connectivity index (χ2n) is 2.23. The van der Waals surface area contributed by atoms with Crippen molar-refractivity contribution >= 4 is 0 Å². The van der Waals surface area contributed by atoms with Gasteiger partial charge in [0, 0.05) is 6.20 Å². The van der Waals surface area contributed by atoms with Crippen LogP contribution in [0.4, 0.5) is 0 Å². The highest BCUT2D eigenvalue weighted by atomic mass is 15.5. The van der Waals surface area contributed by atoms with E-state index in [0.29, 0.717) is 11.5 Å². The van der Waals surface area contributed by atoms with Crippen LogP contribution in [0.25, 0.3) is 11.5 Å². The van der Waals surface area contributed by atoms with Crippen molar-refractivity contribution in [3.05, 3.63) is 24.4 Å². The Bertz CT molecular complexity index is 440. The molecule has 0 aromatic carbocycles. The summed E-state index contributed by atoms with van der Waals surface area (Å²) in [7, 11) is 0. The van der Waals surface area contributed by atoms with Gasteiger partial charge < -0.3 is 0 Å². The molecule has 0 saturated heterocycles. The summed E-state index contributed by atoms with van der Waals surface area (Å²) in [5.41, 5.74) is 0.578. The van der Waals surface area contributed by atoms with Crippen LogP contribution in [0.3, 0.4) is 0 Å². The van der Waals surface area contributed by atoms with Crippen molar-refractivity contribution in [2.24, 2.45) is 0 Å².